The molecule has 0 fully saturated rings. The van der Waals surface area contributed by atoms with Crippen LogP contribution in [0.1, 0.15) is 87.0 Å². The van der Waals surface area contributed by atoms with E-state index in [-0.39, 0.29) is 31.5 Å². The van der Waals surface area contributed by atoms with Gasteiger partial charge in [-0.05, 0) is 70.8 Å². The van der Waals surface area contributed by atoms with Crippen molar-refractivity contribution in [2.75, 3.05) is 33.3 Å². The van der Waals surface area contributed by atoms with Gasteiger partial charge < -0.3 is 57.2 Å². The van der Waals surface area contributed by atoms with Gasteiger partial charge in [-0.2, -0.15) is 8.42 Å². The summed E-state index contributed by atoms with van der Waals surface area (Å²) in [5, 5.41) is 16.0. The third kappa shape index (κ3) is 25.7. The minimum absolute atomic E-state index is 0.0740. The number of allylic oxidation sites excluding steroid dienone is 6. The van der Waals surface area contributed by atoms with Gasteiger partial charge in [-0.25, -0.2) is 14.3 Å². The number of esters is 2. The summed E-state index contributed by atoms with van der Waals surface area (Å²) in [6.07, 6.45) is 14.3. The Labute approximate surface area is 409 Å². The maximum absolute atomic E-state index is 14.1. The Kier molecular flexibility index (Phi) is 27.6. The van der Waals surface area contributed by atoms with Crippen LogP contribution in [0.4, 0.5) is 9.59 Å². The average Bonchev–Trinajstić information content (AvgIpc) is 3.27. The van der Waals surface area contributed by atoms with Crippen LogP contribution in [0.5, 0.6) is 0 Å². The molecule has 1 aliphatic rings. The average molecular weight is 1010 g/mol. The fourth-order valence-corrected chi connectivity index (χ4v) is 6.35. The SMILES string of the molecule is C/C=C1/NC(=O)/C=C/[C@@H](C(C)C)OC(=O)C(C)(C)C(C[C@H](/C=C/C=C/C/C=C\CCC(C)C)OC)OC(=O)CNC(=O)C(CNC(N)=O)NC(=O)CNC(=O)[C@@H](CCCNC(=O)NS(=O)(=O)O)NC1=O. The van der Waals surface area contributed by atoms with E-state index in [4.69, 9.17) is 24.5 Å². The summed E-state index contributed by atoms with van der Waals surface area (Å²) in [5.41, 5.74) is 3.26. The lowest BCUT2D eigenvalue weighted by molar-refractivity contribution is -0.175. The van der Waals surface area contributed by atoms with Crippen molar-refractivity contribution >= 4 is 63.8 Å². The zero-order valence-corrected chi connectivity index (χ0v) is 41.8. The summed E-state index contributed by atoms with van der Waals surface area (Å²) in [7, 11) is -3.45. The number of cyclic esters (lactones) is 2. The van der Waals surface area contributed by atoms with Gasteiger partial charge >= 0.3 is 34.3 Å². The Morgan fingerprint density at radius 1 is 0.943 bits per heavy atom. The second-order valence-corrected chi connectivity index (χ2v) is 18.3. The lowest BCUT2D eigenvalue weighted by Crippen LogP contribution is -2.56. The highest BCUT2D eigenvalue weighted by Crippen LogP contribution is 2.31. The number of carbonyl (C=O) groups excluding carboxylic acids is 9. The van der Waals surface area contributed by atoms with Gasteiger partial charge in [0.2, 0.25) is 23.6 Å². The topological polar surface area (TPSA) is 358 Å². The Morgan fingerprint density at radius 3 is 2.23 bits per heavy atom. The molecular weight excluding hydrogens is 939 g/mol. The molecule has 0 saturated heterocycles. The fourth-order valence-electron chi connectivity index (χ4n) is 6.04. The summed E-state index contributed by atoms with van der Waals surface area (Å²) < 4.78 is 49.4. The maximum Gasteiger partial charge on any atom is 0.361 e. The Balaban J connectivity index is 3.62. The fraction of sp³-hybridized carbons (Fsp3) is 0.578. The minimum Gasteiger partial charge on any atom is -0.460 e. The molecule has 1 aliphatic heterocycles. The number of carbonyl (C=O) groups is 9. The van der Waals surface area contributed by atoms with E-state index in [1.54, 1.807) is 26.0 Å². The number of hydrogen-bond acceptors (Lipinski definition) is 14. The summed E-state index contributed by atoms with van der Waals surface area (Å²) in [5.74, 6) is -6.46. The van der Waals surface area contributed by atoms with Crippen LogP contribution >= 0.6 is 0 Å². The minimum atomic E-state index is -4.88. The molecule has 9 amide bonds. The molecule has 0 saturated carbocycles. The van der Waals surface area contributed by atoms with E-state index in [0.717, 1.165) is 18.9 Å². The highest BCUT2D eigenvalue weighted by atomic mass is 32.2. The summed E-state index contributed by atoms with van der Waals surface area (Å²) in [6.45, 7) is 9.63. The van der Waals surface area contributed by atoms with Gasteiger partial charge in [0.15, 0.2) is 0 Å². The van der Waals surface area contributed by atoms with E-state index in [1.165, 1.54) is 44.8 Å². The standard InChI is InChI=1S/C45H71N9O15S/c1-9-31-41(60)53-32(20-17-23-47-44(63)54-70(64,65)66)39(58)48-26-37(56)52-33(25-50-43(46)62)40(59)49-27-38(57)69-35(24-30(67-8)19-16-14-12-10-11-13-15-18-28(2)3)45(6,7)42(61)68-34(29(4)5)21-22-36(55)51-31/h9,11-14,16,19,21-22,28-30,32-35H,10,15,17-18,20,23-27H2,1-8H3,(H,48,58)(H,49,59)(H,51,55)(H,52,56)(H,53,60)(H3,46,50,62)(H2,47,54,63)(H,64,65,66)/b13-11-,14-12+,19-16+,22-21+,31-9+/t30-,32+,33?,34-,35?/m0/s1. The zero-order chi connectivity index (χ0) is 53.0. The molecule has 1 rings (SSSR count). The van der Waals surface area contributed by atoms with Crippen LogP contribution in [0.25, 0.3) is 0 Å². The van der Waals surface area contributed by atoms with Gasteiger partial charge in [-0.15, -0.1) is 0 Å². The third-order valence-corrected chi connectivity index (χ3v) is 10.6. The molecule has 5 atom stereocenters. The molecule has 1 heterocycles. The molecular formula is C45H71N9O15S. The third-order valence-electron chi connectivity index (χ3n) is 10.2. The number of amides is 9. The van der Waals surface area contributed by atoms with Gasteiger partial charge in [-0.1, -0.05) is 70.2 Å². The molecule has 70 heavy (non-hydrogen) atoms. The highest BCUT2D eigenvalue weighted by Gasteiger charge is 2.43. The van der Waals surface area contributed by atoms with E-state index in [9.17, 15) is 51.6 Å². The number of hydrogen-bond donors (Lipinski definition) is 10. The van der Waals surface area contributed by atoms with Crippen molar-refractivity contribution in [2.45, 2.75) is 117 Å². The summed E-state index contributed by atoms with van der Waals surface area (Å²) in [4.78, 5) is 117. The molecule has 25 heteroatoms. The Bertz CT molecular complexity index is 2080. The van der Waals surface area contributed by atoms with Gasteiger partial charge in [0.25, 0.3) is 5.91 Å². The maximum atomic E-state index is 14.1. The van der Waals surface area contributed by atoms with Crippen molar-refractivity contribution in [3.63, 3.8) is 0 Å². The first-order valence-corrected chi connectivity index (χ1v) is 24.0. The first-order valence-electron chi connectivity index (χ1n) is 22.6. The van der Waals surface area contributed by atoms with E-state index >= 15 is 0 Å². The number of ether oxygens (including phenoxy) is 3. The monoisotopic (exact) mass is 1010 g/mol. The number of primary amides is 1. The quantitative estimate of drug-likeness (QED) is 0.0226. The number of urea groups is 2. The van der Waals surface area contributed by atoms with Crippen LogP contribution in [-0.2, 0) is 58.1 Å². The molecule has 2 unspecified atom stereocenters. The molecule has 392 valence electrons. The molecule has 0 spiro atoms. The van der Waals surface area contributed by atoms with Gasteiger partial charge in [0.1, 0.15) is 36.5 Å². The van der Waals surface area contributed by atoms with E-state index in [0.29, 0.717) is 12.3 Å². The van der Waals surface area contributed by atoms with Crippen LogP contribution in [-0.4, -0.2) is 130 Å². The lowest BCUT2D eigenvalue weighted by Gasteiger charge is -2.34. The van der Waals surface area contributed by atoms with E-state index in [1.807, 2.05) is 12.2 Å². The number of methoxy groups -OCH3 is 1. The van der Waals surface area contributed by atoms with Gasteiger partial charge in [-0.3, -0.25) is 38.1 Å². The predicted molar refractivity (Wildman–Crippen MR) is 256 cm³/mol. The van der Waals surface area contributed by atoms with E-state index in [2.05, 4.69) is 63.2 Å². The van der Waals surface area contributed by atoms with Crippen LogP contribution in [0.2, 0.25) is 0 Å². The van der Waals surface area contributed by atoms with Crippen molar-refractivity contribution in [3.05, 3.63) is 60.4 Å². The molecule has 0 radical (unpaired) electrons. The molecule has 0 aliphatic carbocycles. The van der Waals surface area contributed by atoms with Crippen LogP contribution in [0.15, 0.2) is 60.4 Å². The molecule has 0 aromatic carbocycles. The second kappa shape index (κ2) is 31.5. The van der Waals surface area contributed by atoms with Crippen LogP contribution < -0.4 is 47.7 Å². The summed E-state index contributed by atoms with van der Waals surface area (Å²) >= 11 is 0. The molecule has 0 aromatic rings. The summed E-state index contributed by atoms with van der Waals surface area (Å²) in [6, 6.07) is -5.42. The van der Waals surface area contributed by atoms with Gasteiger partial charge in [0, 0.05) is 32.7 Å². The second-order valence-electron chi connectivity index (χ2n) is 17.2. The largest absolute Gasteiger partial charge is 0.460 e. The van der Waals surface area contributed by atoms with Crippen LogP contribution in [0.3, 0.4) is 0 Å². The first-order chi connectivity index (χ1) is 32.8. The number of rotatable bonds is 18. The number of nitrogens with one attached hydrogen (secondary N) is 8. The zero-order valence-electron chi connectivity index (χ0n) is 41.0. The van der Waals surface area contributed by atoms with Crippen molar-refractivity contribution < 1.29 is 70.3 Å². The molecule has 0 bridgehead atoms. The Hall–Kier alpha value is -6.60. The smallest absolute Gasteiger partial charge is 0.361 e. The normalized spacial score (nSPS) is 22.3. The highest BCUT2D eigenvalue weighted by molar-refractivity contribution is 7.84. The van der Waals surface area contributed by atoms with Crippen molar-refractivity contribution in [1.82, 2.24) is 41.9 Å². The molecule has 24 nitrogen and oxygen atoms in total. The lowest BCUT2D eigenvalue weighted by atomic mass is 9.83. The van der Waals surface area contributed by atoms with E-state index < -0.39 is 125 Å². The first kappa shape index (κ1) is 61.4. The van der Waals surface area contributed by atoms with Crippen molar-refractivity contribution in [3.8, 4) is 0 Å². The number of nitrogens with two attached hydrogens (primary N) is 1. The van der Waals surface area contributed by atoms with Gasteiger partial charge in [0.05, 0.1) is 18.1 Å². The predicted octanol–water partition coefficient (Wildman–Crippen LogP) is 0.735. The van der Waals surface area contributed by atoms with Crippen molar-refractivity contribution in [2.24, 2.45) is 23.0 Å². The van der Waals surface area contributed by atoms with Crippen LogP contribution in [0, 0.1) is 17.3 Å². The van der Waals surface area contributed by atoms with Crippen molar-refractivity contribution in [1.29, 1.82) is 0 Å². The molecule has 0 aromatic heterocycles. The Morgan fingerprint density at radius 2 is 1.61 bits per heavy atom. The molecule has 11 N–H and O–H groups in total.